The molecule has 1 aromatic carbocycles. The molecule has 0 bridgehead atoms. The second kappa shape index (κ2) is 7.15. The van der Waals surface area contributed by atoms with Crippen molar-refractivity contribution in [2.75, 3.05) is 42.2 Å². The van der Waals surface area contributed by atoms with Crippen molar-refractivity contribution in [1.29, 1.82) is 5.26 Å². The number of nitrogens with one attached hydrogen (secondary N) is 1. The Morgan fingerprint density at radius 2 is 1.88 bits per heavy atom. The molecule has 1 aliphatic heterocycles. The lowest BCUT2D eigenvalue weighted by atomic mass is 10.0. The van der Waals surface area contributed by atoms with E-state index < -0.39 is 0 Å². The lowest BCUT2D eigenvalue weighted by molar-refractivity contribution is 0.311. The maximum atomic E-state index is 9.44. The first kappa shape index (κ1) is 16.0. The quantitative estimate of drug-likeness (QED) is 0.767. The van der Waals surface area contributed by atoms with Gasteiger partial charge < -0.3 is 21.1 Å². The minimum Gasteiger partial charge on any atom is -0.395 e. The summed E-state index contributed by atoms with van der Waals surface area (Å²) in [5.74, 6) is 1.04. The summed E-state index contributed by atoms with van der Waals surface area (Å²) in [6, 6.07) is 10.5. The van der Waals surface area contributed by atoms with E-state index in [1.54, 1.807) is 0 Å². The molecule has 2 aromatic rings. The lowest BCUT2D eigenvalue weighted by Crippen LogP contribution is -2.29. The monoisotopic (exact) mass is 324 g/mol. The molecule has 0 amide bonds. The third kappa shape index (κ3) is 3.24. The molecule has 24 heavy (non-hydrogen) atoms. The molecular formula is C17H20N6O. The molecular weight excluding hydrogens is 304 g/mol. The first-order chi connectivity index (χ1) is 11.7. The molecule has 0 saturated carbocycles. The van der Waals surface area contributed by atoms with Gasteiger partial charge in [0.1, 0.15) is 17.5 Å². The van der Waals surface area contributed by atoms with Crippen LogP contribution in [0.25, 0.3) is 0 Å². The van der Waals surface area contributed by atoms with Gasteiger partial charge in [-0.3, -0.25) is 0 Å². The van der Waals surface area contributed by atoms with Gasteiger partial charge in [0.05, 0.1) is 6.61 Å². The van der Waals surface area contributed by atoms with Crippen molar-refractivity contribution >= 4 is 17.6 Å². The average Bonchev–Trinajstić information content (AvgIpc) is 2.82. The molecule has 1 aromatic heterocycles. The van der Waals surface area contributed by atoms with Crippen LogP contribution in [0.2, 0.25) is 0 Å². The predicted molar refractivity (Wildman–Crippen MR) is 92.8 cm³/mol. The highest BCUT2D eigenvalue weighted by Gasteiger charge is 2.21. The molecule has 0 saturated heterocycles. The van der Waals surface area contributed by atoms with Crippen molar-refractivity contribution in [1.82, 2.24) is 9.97 Å². The summed E-state index contributed by atoms with van der Waals surface area (Å²) in [4.78, 5) is 10.6. The normalized spacial score (nSPS) is 13.8. The Morgan fingerprint density at radius 1 is 1.21 bits per heavy atom. The molecule has 2 heterocycles. The Bertz CT molecular complexity index is 743. The Balaban J connectivity index is 1.91. The molecule has 7 nitrogen and oxygen atoms in total. The van der Waals surface area contributed by atoms with E-state index in [0.29, 0.717) is 23.9 Å². The number of aliphatic hydroxyl groups is 1. The van der Waals surface area contributed by atoms with E-state index >= 15 is 0 Å². The smallest absolute Gasteiger partial charge is 0.226 e. The highest BCUT2D eigenvalue weighted by molar-refractivity contribution is 5.66. The number of fused-ring (bicyclic) bond motifs is 1. The predicted octanol–water partition coefficient (Wildman–Crippen LogP) is 0.940. The maximum Gasteiger partial charge on any atom is 0.226 e. The summed E-state index contributed by atoms with van der Waals surface area (Å²) in [5, 5.41) is 21.3. The molecule has 0 radical (unpaired) electrons. The fraction of sp³-hybridized carbons (Fsp3) is 0.353. The van der Waals surface area contributed by atoms with Crippen molar-refractivity contribution in [2.24, 2.45) is 0 Å². The van der Waals surface area contributed by atoms with E-state index in [2.05, 4.69) is 50.5 Å². The Hall–Kier alpha value is -2.85. The highest BCUT2D eigenvalue weighted by Crippen LogP contribution is 2.26. The number of hydrogen-bond donors (Lipinski definition) is 3. The van der Waals surface area contributed by atoms with Crippen LogP contribution in [0.15, 0.2) is 24.3 Å². The van der Waals surface area contributed by atoms with E-state index in [0.717, 1.165) is 25.9 Å². The van der Waals surface area contributed by atoms with Crippen LogP contribution >= 0.6 is 0 Å². The average molecular weight is 324 g/mol. The molecule has 0 unspecified atom stereocenters. The van der Waals surface area contributed by atoms with E-state index in [-0.39, 0.29) is 12.4 Å². The van der Waals surface area contributed by atoms with Gasteiger partial charge in [-0.15, -0.1) is 0 Å². The number of nitriles is 1. The molecule has 4 N–H and O–H groups in total. The van der Waals surface area contributed by atoms with Crippen LogP contribution in [0.3, 0.4) is 0 Å². The minimum atomic E-state index is -0.0301. The molecule has 7 heteroatoms. The van der Waals surface area contributed by atoms with Gasteiger partial charge in [0.15, 0.2) is 5.82 Å². The standard InChI is InChI=1S/C17H20N6O/c18-11-14-15(19)21-17(20-7-10-24)22-16(14)23-8-5-12-3-1-2-4-13(12)6-9-23/h1-4,24H,5-10H2,(H3,19,20,21,22). The van der Waals surface area contributed by atoms with E-state index in [9.17, 15) is 5.26 Å². The van der Waals surface area contributed by atoms with Gasteiger partial charge in [-0.2, -0.15) is 15.2 Å². The van der Waals surface area contributed by atoms with Gasteiger partial charge in [0.2, 0.25) is 5.95 Å². The van der Waals surface area contributed by atoms with E-state index in [4.69, 9.17) is 10.8 Å². The largest absolute Gasteiger partial charge is 0.395 e. The van der Waals surface area contributed by atoms with Crippen molar-refractivity contribution in [3.8, 4) is 6.07 Å². The maximum absolute atomic E-state index is 9.44. The summed E-state index contributed by atoms with van der Waals surface area (Å²) < 4.78 is 0. The highest BCUT2D eigenvalue weighted by atomic mass is 16.3. The number of aromatic nitrogens is 2. The van der Waals surface area contributed by atoms with Crippen LogP contribution in [-0.2, 0) is 12.8 Å². The van der Waals surface area contributed by atoms with Crippen LogP contribution < -0.4 is 16.0 Å². The van der Waals surface area contributed by atoms with Crippen LogP contribution in [0.4, 0.5) is 17.6 Å². The number of nitrogens with zero attached hydrogens (tertiary/aromatic N) is 4. The van der Waals surface area contributed by atoms with Gasteiger partial charge in [0.25, 0.3) is 0 Å². The fourth-order valence-electron chi connectivity index (χ4n) is 2.93. The molecule has 1 aliphatic rings. The Kier molecular flexibility index (Phi) is 4.77. The SMILES string of the molecule is N#Cc1c(N)nc(NCCO)nc1N1CCc2ccccc2CC1. The molecule has 0 atom stereocenters. The van der Waals surface area contributed by atoms with Gasteiger partial charge >= 0.3 is 0 Å². The van der Waals surface area contributed by atoms with Crippen molar-refractivity contribution in [2.45, 2.75) is 12.8 Å². The van der Waals surface area contributed by atoms with Crippen molar-refractivity contribution in [3.05, 3.63) is 41.0 Å². The molecule has 124 valence electrons. The van der Waals surface area contributed by atoms with E-state index in [1.807, 2.05) is 0 Å². The summed E-state index contributed by atoms with van der Waals surface area (Å²) >= 11 is 0. The number of rotatable bonds is 4. The first-order valence-corrected chi connectivity index (χ1v) is 7.97. The fourth-order valence-corrected chi connectivity index (χ4v) is 2.93. The summed E-state index contributed by atoms with van der Waals surface area (Å²) in [5.41, 5.74) is 8.90. The second-order valence-electron chi connectivity index (χ2n) is 5.65. The van der Waals surface area contributed by atoms with Gasteiger partial charge in [-0.05, 0) is 24.0 Å². The Labute approximate surface area is 140 Å². The van der Waals surface area contributed by atoms with Crippen LogP contribution in [0.5, 0.6) is 0 Å². The first-order valence-electron chi connectivity index (χ1n) is 7.97. The van der Waals surface area contributed by atoms with Gasteiger partial charge in [-0.25, -0.2) is 0 Å². The number of anilines is 3. The van der Waals surface area contributed by atoms with Crippen LogP contribution in [0.1, 0.15) is 16.7 Å². The molecule has 0 aliphatic carbocycles. The number of aliphatic hydroxyl groups excluding tert-OH is 1. The third-order valence-corrected chi connectivity index (χ3v) is 4.14. The van der Waals surface area contributed by atoms with Gasteiger partial charge in [0, 0.05) is 19.6 Å². The number of nitrogens with two attached hydrogens (primary N) is 1. The van der Waals surface area contributed by atoms with Gasteiger partial charge in [-0.1, -0.05) is 24.3 Å². The number of nitrogen functional groups attached to an aromatic ring is 1. The van der Waals surface area contributed by atoms with Crippen molar-refractivity contribution in [3.63, 3.8) is 0 Å². The second-order valence-corrected chi connectivity index (χ2v) is 5.65. The molecule has 0 spiro atoms. The molecule has 0 fully saturated rings. The van der Waals surface area contributed by atoms with Crippen LogP contribution in [0, 0.1) is 11.3 Å². The lowest BCUT2D eigenvalue weighted by Gasteiger charge is -2.23. The summed E-state index contributed by atoms with van der Waals surface area (Å²) in [6.45, 7) is 1.83. The number of benzene rings is 1. The van der Waals surface area contributed by atoms with Crippen LogP contribution in [-0.4, -0.2) is 41.3 Å². The zero-order chi connectivity index (χ0) is 16.9. The summed E-state index contributed by atoms with van der Waals surface area (Å²) in [6.07, 6.45) is 1.79. The minimum absolute atomic E-state index is 0.0301. The third-order valence-electron chi connectivity index (χ3n) is 4.14. The zero-order valence-electron chi connectivity index (χ0n) is 13.4. The summed E-state index contributed by atoms with van der Waals surface area (Å²) in [7, 11) is 0. The van der Waals surface area contributed by atoms with E-state index in [1.165, 1.54) is 11.1 Å². The zero-order valence-corrected chi connectivity index (χ0v) is 13.4. The molecule has 3 rings (SSSR count). The number of hydrogen-bond acceptors (Lipinski definition) is 7. The Morgan fingerprint density at radius 3 is 2.46 bits per heavy atom. The topological polar surface area (TPSA) is 111 Å². The van der Waals surface area contributed by atoms with Crippen molar-refractivity contribution < 1.29 is 5.11 Å².